The summed E-state index contributed by atoms with van der Waals surface area (Å²) in [6.07, 6.45) is 0. The molecular formula is C25H25N5O4. The smallest absolute Gasteiger partial charge is 0.359 e. The van der Waals surface area contributed by atoms with E-state index in [0.29, 0.717) is 16.6 Å². The highest BCUT2D eigenvalue weighted by Gasteiger charge is 2.20. The van der Waals surface area contributed by atoms with Crippen LogP contribution in [0.3, 0.4) is 0 Å². The van der Waals surface area contributed by atoms with Crippen LogP contribution in [-0.2, 0) is 9.53 Å². The molecule has 2 heterocycles. The number of nitrogens with one attached hydrogen (secondary N) is 1. The number of rotatable bonds is 6. The first-order chi connectivity index (χ1) is 16.2. The molecule has 0 aliphatic heterocycles. The zero-order valence-electron chi connectivity index (χ0n) is 19.4. The summed E-state index contributed by atoms with van der Waals surface area (Å²) in [6, 6.07) is 15.9. The quantitative estimate of drug-likeness (QED) is 0.442. The van der Waals surface area contributed by atoms with Crippen LogP contribution >= 0.6 is 0 Å². The molecule has 0 unspecified atom stereocenters. The highest BCUT2D eigenvalue weighted by molar-refractivity contribution is 6.03. The number of fused-ring (bicyclic) bond motifs is 1. The van der Waals surface area contributed by atoms with Crippen molar-refractivity contribution in [3.63, 3.8) is 0 Å². The summed E-state index contributed by atoms with van der Waals surface area (Å²) in [4.78, 5) is 38.1. The number of anilines is 1. The van der Waals surface area contributed by atoms with Crippen LogP contribution in [0.4, 0.5) is 5.82 Å². The van der Waals surface area contributed by atoms with E-state index in [2.05, 4.69) is 15.5 Å². The molecule has 2 aromatic carbocycles. The van der Waals surface area contributed by atoms with E-state index >= 15 is 0 Å². The summed E-state index contributed by atoms with van der Waals surface area (Å²) in [6.45, 7) is 6.88. The van der Waals surface area contributed by atoms with E-state index in [0.717, 1.165) is 16.9 Å². The zero-order chi connectivity index (χ0) is 24.4. The van der Waals surface area contributed by atoms with Crippen molar-refractivity contribution in [1.29, 1.82) is 0 Å². The Balaban J connectivity index is 1.52. The number of benzene rings is 2. The molecule has 0 fully saturated rings. The van der Waals surface area contributed by atoms with Crippen LogP contribution in [0, 0.1) is 13.8 Å². The molecule has 0 aliphatic carbocycles. The second kappa shape index (κ2) is 9.30. The highest BCUT2D eigenvalue weighted by Crippen LogP contribution is 2.18. The Labute approximate surface area is 196 Å². The van der Waals surface area contributed by atoms with E-state index in [1.54, 1.807) is 48.9 Å². The fourth-order valence-corrected chi connectivity index (χ4v) is 3.56. The number of amides is 1. The fourth-order valence-electron chi connectivity index (χ4n) is 3.56. The second-order valence-electron chi connectivity index (χ2n) is 8.28. The van der Waals surface area contributed by atoms with Crippen LogP contribution in [0.2, 0.25) is 0 Å². The third-order valence-corrected chi connectivity index (χ3v) is 5.22. The van der Waals surface area contributed by atoms with Crippen LogP contribution in [0.1, 0.15) is 41.6 Å². The van der Waals surface area contributed by atoms with E-state index < -0.39 is 18.5 Å². The summed E-state index contributed by atoms with van der Waals surface area (Å²) in [7, 11) is 0. The minimum Gasteiger partial charge on any atom is -0.451 e. The Morgan fingerprint density at radius 3 is 2.35 bits per heavy atom. The molecule has 0 bridgehead atoms. The molecule has 2 aromatic heterocycles. The first-order valence-corrected chi connectivity index (χ1v) is 10.9. The van der Waals surface area contributed by atoms with Gasteiger partial charge in [0.05, 0.1) is 22.8 Å². The summed E-state index contributed by atoms with van der Waals surface area (Å²) in [5.74, 6) is -0.855. The number of aromatic nitrogens is 4. The predicted molar refractivity (Wildman–Crippen MR) is 128 cm³/mol. The third kappa shape index (κ3) is 4.59. The van der Waals surface area contributed by atoms with Crippen LogP contribution in [-0.4, -0.2) is 38.0 Å². The predicted octanol–water partition coefficient (Wildman–Crippen LogP) is 3.58. The molecule has 1 amide bonds. The minimum absolute atomic E-state index is 0.0164. The lowest BCUT2D eigenvalue weighted by Gasteiger charge is -2.13. The Morgan fingerprint density at radius 1 is 1.00 bits per heavy atom. The number of nitrogens with zero attached hydrogens (tertiary/aromatic N) is 4. The Kier molecular flexibility index (Phi) is 6.27. The molecule has 34 heavy (non-hydrogen) atoms. The molecule has 0 aliphatic rings. The standard InChI is InChI=1S/C25H25N5O4/c1-15(2)29-24(32)20-8-6-5-7-19(20)23(28-29)25(33)34-14-22(31)26-21-13-17(4)27-30(21)18-11-9-16(3)10-12-18/h5-13,15H,14H2,1-4H3,(H,26,31). The molecule has 0 spiro atoms. The van der Waals surface area contributed by atoms with Crippen molar-refractivity contribution < 1.29 is 14.3 Å². The van der Waals surface area contributed by atoms with Gasteiger partial charge in [0, 0.05) is 11.5 Å². The molecule has 0 atom stereocenters. The monoisotopic (exact) mass is 459 g/mol. The van der Waals surface area contributed by atoms with Crippen LogP contribution in [0.15, 0.2) is 59.4 Å². The SMILES string of the molecule is Cc1ccc(-n2nc(C)cc2NC(=O)COC(=O)c2nn(C(C)C)c(=O)c3ccccc23)cc1. The lowest BCUT2D eigenvalue weighted by molar-refractivity contribution is -0.119. The molecule has 4 rings (SSSR count). The second-order valence-corrected chi connectivity index (χ2v) is 8.28. The topological polar surface area (TPSA) is 108 Å². The van der Waals surface area contributed by atoms with Crippen molar-refractivity contribution in [2.24, 2.45) is 0 Å². The van der Waals surface area contributed by atoms with E-state index in [-0.39, 0.29) is 17.3 Å². The van der Waals surface area contributed by atoms with E-state index in [1.165, 1.54) is 4.68 Å². The largest absolute Gasteiger partial charge is 0.451 e. The van der Waals surface area contributed by atoms with Crippen molar-refractivity contribution in [2.75, 3.05) is 11.9 Å². The molecule has 174 valence electrons. The fraction of sp³-hybridized carbons (Fsp3) is 0.240. The van der Waals surface area contributed by atoms with Gasteiger partial charge in [0.1, 0.15) is 5.82 Å². The summed E-state index contributed by atoms with van der Waals surface area (Å²) < 4.78 is 8.11. The summed E-state index contributed by atoms with van der Waals surface area (Å²) in [5.41, 5.74) is 2.31. The van der Waals surface area contributed by atoms with Crippen LogP contribution in [0.5, 0.6) is 0 Å². The van der Waals surface area contributed by atoms with Crippen molar-refractivity contribution >= 4 is 28.5 Å². The lowest BCUT2D eigenvalue weighted by Crippen LogP contribution is -2.29. The highest BCUT2D eigenvalue weighted by atomic mass is 16.5. The van der Waals surface area contributed by atoms with Gasteiger partial charge in [-0.2, -0.15) is 10.2 Å². The maximum Gasteiger partial charge on any atom is 0.359 e. The van der Waals surface area contributed by atoms with Gasteiger partial charge in [0.25, 0.3) is 11.5 Å². The molecule has 9 heteroatoms. The van der Waals surface area contributed by atoms with Gasteiger partial charge in [-0.1, -0.05) is 35.9 Å². The number of aryl methyl sites for hydroxylation is 2. The van der Waals surface area contributed by atoms with Gasteiger partial charge in [-0.25, -0.2) is 14.2 Å². The lowest BCUT2D eigenvalue weighted by atomic mass is 10.1. The van der Waals surface area contributed by atoms with Crippen LogP contribution < -0.4 is 10.9 Å². The number of carbonyl (C=O) groups excluding carboxylic acids is 2. The average molecular weight is 460 g/mol. The van der Waals surface area contributed by atoms with E-state index in [4.69, 9.17) is 4.74 Å². The Hall–Kier alpha value is -4.27. The molecule has 9 nitrogen and oxygen atoms in total. The van der Waals surface area contributed by atoms with Gasteiger partial charge < -0.3 is 10.1 Å². The van der Waals surface area contributed by atoms with Crippen molar-refractivity contribution in [3.8, 4) is 5.69 Å². The third-order valence-electron chi connectivity index (χ3n) is 5.22. The molecular weight excluding hydrogens is 434 g/mol. The first kappa shape index (κ1) is 22.9. The number of carbonyl (C=O) groups is 2. The van der Waals surface area contributed by atoms with Gasteiger partial charge in [-0.3, -0.25) is 9.59 Å². The molecule has 4 aromatic rings. The van der Waals surface area contributed by atoms with Gasteiger partial charge in [0.2, 0.25) is 0 Å². The number of hydrogen-bond donors (Lipinski definition) is 1. The van der Waals surface area contributed by atoms with Crippen LogP contribution in [0.25, 0.3) is 16.5 Å². The maximum atomic E-state index is 12.8. The number of esters is 1. The minimum atomic E-state index is -0.788. The molecule has 0 saturated carbocycles. The van der Waals surface area contributed by atoms with Gasteiger partial charge >= 0.3 is 5.97 Å². The van der Waals surface area contributed by atoms with Gasteiger partial charge in [0.15, 0.2) is 12.3 Å². The van der Waals surface area contributed by atoms with E-state index in [1.807, 2.05) is 38.1 Å². The molecule has 0 radical (unpaired) electrons. The Bertz CT molecular complexity index is 1430. The summed E-state index contributed by atoms with van der Waals surface area (Å²) in [5, 5.41) is 12.1. The molecule has 1 N–H and O–H groups in total. The van der Waals surface area contributed by atoms with Gasteiger partial charge in [-0.15, -0.1) is 0 Å². The average Bonchev–Trinajstić information content (AvgIpc) is 3.18. The molecule has 0 saturated heterocycles. The van der Waals surface area contributed by atoms with Crippen molar-refractivity contribution in [1.82, 2.24) is 19.6 Å². The van der Waals surface area contributed by atoms with Crippen molar-refractivity contribution in [3.05, 3.63) is 81.9 Å². The number of ether oxygens (including phenoxy) is 1. The van der Waals surface area contributed by atoms with Crippen molar-refractivity contribution in [2.45, 2.75) is 33.7 Å². The Morgan fingerprint density at radius 2 is 1.68 bits per heavy atom. The zero-order valence-corrected chi connectivity index (χ0v) is 19.4. The number of hydrogen-bond acceptors (Lipinski definition) is 6. The maximum absolute atomic E-state index is 12.8. The summed E-state index contributed by atoms with van der Waals surface area (Å²) >= 11 is 0. The van der Waals surface area contributed by atoms with E-state index in [9.17, 15) is 14.4 Å². The first-order valence-electron chi connectivity index (χ1n) is 10.9. The normalized spacial score (nSPS) is 11.1. The van der Waals surface area contributed by atoms with Gasteiger partial charge in [-0.05, 0) is 45.9 Å².